The van der Waals surface area contributed by atoms with Crippen LogP contribution in [0.4, 0.5) is 26.3 Å². The van der Waals surface area contributed by atoms with E-state index in [4.69, 9.17) is 0 Å². The van der Waals surface area contributed by atoms with E-state index in [1.807, 2.05) is 0 Å². The average molecular weight is 465 g/mol. The third kappa shape index (κ3) is 5.96. The van der Waals surface area contributed by atoms with Crippen molar-refractivity contribution in [3.8, 4) is 5.88 Å². The molecule has 27 heavy (non-hydrogen) atoms. The van der Waals surface area contributed by atoms with Gasteiger partial charge in [-0.15, -0.1) is 0 Å². The highest BCUT2D eigenvalue weighted by Crippen LogP contribution is 2.36. The van der Waals surface area contributed by atoms with Gasteiger partial charge in [-0.1, -0.05) is 12.8 Å². The number of carbonyl (C=O) groups is 1. The number of ether oxygens (including phenoxy) is 1. The summed E-state index contributed by atoms with van der Waals surface area (Å²) < 4.78 is 80.4. The topological polar surface area (TPSA) is 71.5 Å². The lowest BCUT2D eigenvalue weighted by Gasteiger charge is -2.28. The molecule has 0 aromatic carbocycles. The third-order valence-electron chi connectivity index (χ3n) is 3.88. The number of alkyl halides is 6. The van der Waals surface area contributed by atoms with Gasteiger partial charge in [0.25, 0.3) is 5.91 Å². The summed E-state index contributed by atoms with van der Waals surface area (Å²) in [6, 6.07) is -0.0150. The van der Waals surface area contributed by atoms with E-state index >= 15 is 0 Å². The second-order valence-corrected chi connectivity index (χ2v) is 6.86. The molecule has 2 N–H and O–H groups in total. The lowest BCUT2D eigenvalue weighted by Crippen LogP contribution is -2.45. The van der Waals surface area contributed by atoms with Crippen molar-refractivity contribution in [1.82, 2.24) is 10.3 Å². The summed E-state index contributed by atoms with van der Waals surface area (Å²) >= 11 is 2.77. The van der Waals surface area contributed by atoms with Crippen molar-refractivity contribution >= 4 is 21.8 Å². The van der Waals surface area contributed by atoms with E-state index in [2.05, 4.69) is 31.0 Å². The highest BCUT2D eigenvalue weighted by Gasteiger charge is 2.40. The molecule has 12 heteroatoms. The quantitative estimate of drug-likeness (QED) is 0.664. The second kappa shape index (κ2) is 8.21. The summed E-state index contributed by atoms with van der Waals surface area (Å²) in [6.07, 6.45) is -8.52. The number of aliphatic hydroxyl groups excluding tert-OH is 1. The molecule has 0 bridgehead atoms. The maximum absolute atomic E-state index is 13.3. The molecule has 1 fully saturated rings. The Kier molecular flexibility index (Phi) is 6.61. The van der Waals surface area contributed by atoms with Crippen LogP contribution >= 0.6 is 15.9 Å². The Morgan fingerprint density at radius 2 is 1.89 bits per heavy atom. The van der Waals surface area contributed by atoms with Crippen LogP contribution in [0.3, 0.4) is 0 Å². The van der Waals surface area contributed by atoms with Crippen LogP contribution in [0, 0.1) is 0 Å². The first-order chi connectivity index (χ1) is 12.4. The number of halogens is 7. The Labute approximate surface area is 158 Å². The van der Waals surface area contributed by atoms with E-state index in [-0.39, 0.29) is 4.47 Å². The predicted molar refractivity (Wildman–Crippen MR) is 84.2 cm³/mol. The van der Waals surface area contributed by atoms with Crippen LogP contribution in [0.15, 0.2) is 10.5 Å². The summed E-state index contributed by atoms with van der Waals surface area (Å²) in [5.41, 5.74) is -2.56. The van der Waals surface area contributed by atoms with Gasteiger partial charge in [0.05, 0.1) is 22.2 Å². The number of aliphatic hydroxyl groups is 1. The van der Waals surface area contributed by atoms with Gasteiger partial charge >= 0.3 is 12.4 Å². The zero-order valence-corrected chi connectivity index (χ0v) is 15.2. The average Bonchev–Trinajstić information content (AvgIpc) is 2.53. The first kappa shape index (κ1) is 21.7. The van der Waals surface area contributed by atoms with Gasteiger partial charge in [-0.2, -0.15) is 26.3 Å². The van der Waals surface area contributed by atoms with Crippen LogP contribution < -0.4 is 10.1 Å². The molecule has 1 aromatic rings. The fraction of sp³-hybridized carbons (Fsp3) is 0.600. The lowest BCUT2D eigenvalue weighted by atomic mass is 9.92. The smallest absolute Gasteiger partial charge is 0.434 e. The molecule has 0 radical (unpaired) electrons. The normalized spacial score (nSPS) is 21.0. The Bertz CT molecular complexity index is 695. The first-order valence-corrected chi connectivity index (χ1v) is 8.64. The minimum absolute atomic E-state index is 0.339. The molecule has 1 aromatic heterocycles. The molecule has 1 aliphatic rings. The van der Waals surface area contributed by atoms with Crippen molar-refractivity contribution in [2.45, 2.75) is 50.2 Å². The van der Waals surface area contributed by atoms with Gasteiger partial charge in [0.1, 0.15) is 0 Å². The standard InChI is InChI=1S/C15H15BrF6N2O3/c16-8-5-7(12(26)23-9-3-1-2-4-10(9)25)11(15(20,21)22)24-13(8)27-6-14(17,18)19/h5,9-10,25H,1-4,6H2,(H,23,26)/t9-,10+/m0/s1. The Morgan fingerprint density at radius 3 is 2.44 bits per heavy atom. The van der Waals surface area contributed by atoms with Crippen molar-refractivity contribution in [1.29, 1.82) is 0 Å². The molecule has 1 aliphatic carbocycles. The molecule has 2 rings (SSSR count). The summed E-state index contributed by atoms with van der Waals surface area (Å²) in [5, 5.41) is 12.2. The molecule has 0 saturated heterocycles. The summed E-state index contributed by atoms with van der Waals surface area (Å²) in [7, 11) is 0. The van der Waals surface area contributed by atoms with E-state index in [1.54, 1.807) is 0 Å². The second-order valence-electron chi connectivity index (χ2n) is 6.00. The van der Waals surface area contributed by atoms with E-state index in [0.717, 1.165) is 6.42 Å². The monoisotopic (exact) mass is 464 g/mol. The van der Waals surface area contributed by atoms with Crippen molar-refractivity contribution in [3.63, 3.8) is 0 Å². The van der Waals surface area contributed by atoms with Gasteiger partial charge in [0.15, 0.2) is 12.3 Å². The zero-order chi connectivity index (χ0) is 20.4. The fourth-order valence-corrected chi connectivity index (χ4v) is 3.07. The summed E-state index contributed by atoms with van der Waals surface area (Å²) in [4.78, 5) is 15.4. The van der Waals surface area contributed by atoms with Crippen molar-refractivity contribution < 1.29 is 41.0 Å². The summed E-state index contributed by atoms with van der Waals surface area (Å²) in [6.45, 7) is -1.84. The maximum atomic E-state index is 13.3. The number of aromatic nitrogens is 1. The Morgan fingerprint density at radius 1 is 1.26 bits per heavy atom. The highest BCUT2D eigenvalue weighted by molar-refractivity contribution is 9.10. The van der Waals surface area contributed by atoms with Crippen LogP contribution in [0.1, 0.15) is 41.7 Å². The van der Waals surface area contributed by atoms with Gasteiger partial charge < -0.3 is 15.2 Å². The number of hydrogen-bond acceptors (Lipinski definition) is 4. The van der Waals surface area contributed by atoms with Gasteiger partial charge in [0.2, 0.25) is 5.88 Å². The van der Waals surface area contributed by atoms with Gasteiger partial charge in [-0.05, 0) is 34.8 Å². The molecule has 0 aliphatic heterocycles. The van der Waals surface area contributed by atoms with Crippen LogP contribution in [-0.4, -0.2) is 40.9 Å². The van der Waals surface area contributed by atoms with Crippen molar-refractivity contribution in [2.24, 2.45) is 0 Å². The van der Waals surface area contributed by atoms with E-state index in [0.29, 0.717) is 25.3 Å². The molecule has 152 valence electrons. The maximum Gasteiger partial charge on any atom is 0.434 e. The number of nitrogens with zero attached hydrogens (tertiary/aromatic N) is 1. The minimum Gasteiger partial charge on any atom is -0.467 e. The molecule has 0 unspecified atom stereocenters. The van der Waals surface area contributed by atoms with Crippen LogP contribution in [0.2, 0.25) is 0 Å². The molecule has 5 nitrogen and oxygen atoms in total. The molecule has 1 amide bonds. The molecule has 0 spiro atoms. The number of amides is 1. The molecule has 1 heterocycles. The van der Waals surface area contributed by atoms with Crippen LogP contribution in [-0.2, 0) is 6.18 Å². The van der Waals surface area contributed by atoms with E-state index in [1.165, 1.54) is 0 Å². The van der Waals surface area contributed by atoms with Gasteiger partial charge in [-0.3, -0.25) is 4.79 Å². The van der Waals surface area contributed by atoms with Crippen molar-refractivity contribution in [3.05, 3.63) is 21.8 Å². The Balaban J connectivity index is 2.31. The Hall–Kier alpha value is -1.56. The first-order valence-electron chi connectivity index (χ1n) is 7.84. The van der Waals surface area contributed by atoms with E-state index < -0.39 is 54.1 Å². The number of nitrogens with one attached hydrogen (secondary N) is 1. The molecular formula is C15H15BrF6N2O3. The number of rotatable bonds is 4. The van der Waals surface area contributed by atoms with Gasteiger partial charge in [0, 0.05) is 0 Å². The van der Waals surface area contributed by atoms with E-state index in [9.17, 15) is 36.2 Å². The summed E-state index contributed by atoms with van der Waals surface area (Å²) in [5.74, 6) is -2.07. The van der Waals surface area contributed by atoms with Crippen molar-refractivity contribution in [2.75, 3.05) is 6.61 Å². The van der Waals surface area contributed by atoms with Crippen LogP contribution in [0.5, 0.6) is 5.88 Å². The number of pyridine rings is 1. The zero-order valence-electron chi connectivity index (χ0n) is 13.6. The predicted octanol–water partition coefficient (Wildman–Crippen LogP) is 3.84. The minimum atomic E-state index is -5.10. The molecule has 2 atom stereocenters. The van der Waals surface area contributed by atoms with Crippen LogP contribution in [0.25, 0.3) is 0 Å². The third-order valence-corrected chi connectivity index (χ3v) is 4.44. The number of hydrogen-bond donors (Lipinski definition) is 2. The van der Waals surface area contributed by atoms with Gasteiger partial charge in [-0.25, -0.2) is 4.98 Å². The molecule has 1 saturated carbocycles. The SMILES string of the molecule is O=C(N[C@H]1CCCC[C@H]1O)c1cc(Br)c(OCC(F)(F)F)nc1C(F)(F)F. The largest absolute Gasteiger partial charge is 0.467 e. The molecular weight excluding hydrogens is 450 g/mol. The lowest BCUT2D eigenvalue weighted by molar-refractivity contribution is -0.155. The highest BCUT2D eigenvalue weighted by atomic mass is 79.9. The fourth-order valence-electron chi connectivity index (χ4n) is 2.64. The number of carbonyl (C=O) groups excluding carboxylic acids is 1.